The van der Waals surface area contributed by atoms with Crippen LogP contribution in [-0.2, 0) is 6.42 Å². The third-order valence-electron chi connectivity index (χ3n) is 4.35. The maximum atomic E-state index is 5.55. The van der Waals surface area contributed by atoms with E-state index in [1.165, 1.54) is 11.1 Å². The molecule has 0 bridgehead atoms. The molecular weight excluding hydrogens is 366 g/mol. The van der Waals surface area contributed by atoms with E-state index in [2.05, 4.69) is 58.5 Å². The number of nitrogens with zero attached hydrogens (tertiary/aromatic N) is 2. The third-order valence-corrected chi connectivity index (χ3v) is 4.84. The van der Waals surface area contributed by atoms with E-state index in [1.807, 2.05) is 16.8 Å². The van der Waals surface area contributed by atoms with Crippen LogP contribution in [0.25, 0.3) is 16.9 Å². The average molecular weight is 384 g/mol. The van der Waals surface area contributed by atoms with Crippen LogP contribution < -0.4 is 10.1 Å². The highest BCUT2D eigenvalue weighted by Crippen LogP contribution is 2.39. The molecule has 5 heteroatoms. The van der Waals surface area contributed by atoms with Gasteiger partial charge in [-0.3, -0.25) is 0 Å². The van der Waals surface area contributed by atoms with Gasteiger partial charge in [0.1, 0.15) is 17.3 Å². The first kappa shape index (κ1) is 15.3. The summed E-state index contributed by atoms with van der Waals surface area (Å²) in [4.78, 5) is 0. The Morgan fingerprint density at radius 3 is 2.71 bits per heavy atom. The topological polar surface area (TPSA) is 39.1 Å². The molecule has 0 saturated heterocycles. The van der Waals surface area contributed by atoms with Gasteiger partial charge in [0.2, 0.25) is 0 Å². The molecule has 24 heavy (non-hydrogen) atoms. The lowest BCUT2D eigenvalue weighted by molar-refractivity contribution is 0.416. The van der Waals surface area contributed by atoms with Crippen molar-refractivity contribution in [1.82, 2.24) is 9.78 Å². The smallest absolute Gasteiger partial charge is 0.133 e. The van der Waals surface area contributed by atoms with Gasteiger partial charge in [-0.15, -0.1) is 0 Å². The summed E-state index contributed by atoms with van der Waals surface area (Å²) in [5, 5.41) is 8.38. The molecule has 2 heterocycles. The van der Waals surface area contributed by atoms with Crippen LogP contribution in [0.15, 0.2) is 46.9 Å². The molecule has 122 valence electrons. The van der Waals surface area contributed by atoms with Crippen molar-refractivity contribution in [3.8, 4) is 22.7 Å². The summed E-state index contributed by atoms with van der Waals surface area (Å²) in [6.45, 7) is 3.02. The molecule has 0 spiro atoms. The molecule has 3 aromatic rings. The van der Waals surface area contributed by atoms with E-state index >= 15 is 0 Å². The zero-order valence-corrected chi connectivity index (χ0v) is 15.2. The van der Waals surface area contributed by atoms with Gasteiger partial charge in [-0.05, 0) is 43.7 Å². The maximum Gasteiger partial charge on any atom is 0.133 e. The zero-order valence-electron chi connectivity index (χ0n) is 13.6. The van der Waals surface area contributed by atoms with Gasteiger partial charge in [-0.1, -0.05) is 33.6 Å². The van der Waals surface area contributed by atoms with E-state index in [1.54, 1.807) is 7.11 Å². The summed E-state index contributed by atoms with van der Waals surface area (Å²) in [7, 11) is 1.70. The number of methoxy groups -OCH3 is 1. The van der Waals surface area contributed by atoms with Crippen LogP contribution in [0.1, 0.15) is 11.1 Å². The number of anilines is 1. The second-order valence-corrected chi connectivity index (χ2v) is 6.86. The summed E-state index contributed by atoms with van der Waals surface area (Å²) in [6.07, 6.45) is 0.964. The molecule has 0 radical (unpaired) electrons. The Bertz CT molecular complexity index is 900. The molecule has 1 aromatic heterocycles. The molecule has 0 aliphatic carbocycles. The van der Waals surface area contributed by atoms with E-state index in [-0.39, 0.29) is 0 Å². The zero-order chi connectivity index (χ0) is 16.7. The van der Waals surface area contributed by atoms with E-state index in [0.29, 0.717) is 0 Å². The minimum Gasteiger partial charge on any atom is -0.496 e. The van der Waals surface area contributed by atoms with Gasteiger partial charge in [0.25, 0.3) is 0 Å². The number of benzene rings is 2. The van der Waals surface area contributed by atoms with Gasteiger partial charge < -0.3 is 10.1 Å². The predicted octanol–water partition coefficient (Wildman–Crippen LogP) is 4.59. The quantitative estimate of drug-likeness (QED) is 0.718. The van der Waals surface area contributed by atoms with Gasteiger partial charge >= 0.3 is 0 Å². The second kappa shape index (κ2) is 5.98. The fraction of sp³-hybridized carbons (Fsp3) is 0.211. The number of nitrogens with one attached hydrogen (secondary N) is 1. The molecule has 4 rings (SSSR count). The normalized spacial score (nSPS) is 12.8. The Morgan fingerprint density at radius 2 is 1.96 bits per heavy atom. The Kier molecular flexibility index (Phi) is 3.81. The van der Waals surface area contributed by atoms with Gasteiger partial charge in [-0.25, -0.2) is 4.68 Å². The first-order valence-electron chi connectivity index (χ1n) is 7.94. The summed E-state index contributed by atoms with van der Waals surface area (Å²) in [5.74, 6) is 1.91. The van der Waals surface area contributed by atoms with E-state index in [4.69, 9.17) is 9.84 Å². The first-order chi connectivity index (χ1) is 11.7. The predicted molar refractivity (Wildman–Crippen MR) is 100 cm³/mol. The average Bonchev–Trinajstić information content (AvgIpc) is 3.18. The Labute approximate surface area is 149 Å². The van der Waals surface area contributed by atoms with Crippen molar-refractivity contribution in [3.05, 3.63) is 58.1 Å². The van der Waals surface area contributed by atoms with E-state index in [0.717, 1.165) is 46.0 Å². The standard InChI is InChI=1S/C19H18BrN3O/c1-12-3-6-14(7-4-12)23-19-15(9-10-21-19)18(22-23)16-11-13(20)5-8-17(16)24-2/h3-8,11,21H,9-10H2,1-2H3. The lowest BCUT2D eigenvalue weighted by Gasteiger charge is -2.08. The van der Waals surface area contributed by atoms with Crippen molar-refractivity contribution in [2.75, 3.05) is 19.0 Å². The molecule has 4 nitrogen and oxygen atoms in total. The van der Waals surface area contributed by atoms with Crippen molar-refractivity contribution >= 4 is 21.7 Å². The van der Waals surface area contributed by atoms with Crippen molar-refractivity contribution in [2.24, 2.45) is 0 Å². The summed E-state index contributed by atoms with van der Waals surface area (Å²) >= 11 is 3.56. The highest BCUT2D eigenvalue weighted by molar-refractivity contribution is 9.10. The molecule has 1 aliphatic rings. The fourth-order valence-corrected chi connectivity index (χ4v) is 3.49. The van der Waals surface area contributed by atoms with Crippen molar-refractivity contribution in [1.29, 1.82) is 0 Å². The highest BCUT2D eigenvalue weighted by Gasteiger charge is 2.25. The van der Waals surface area contributed by atoms with Crippen molar-refractivity contribution in [3.63, 3.8) is 0 Å². The summed E-state index contributed by atoms with van der Waals surface area (Å²) in [5.41, 5.74) is 5.54. The van der Waals surface area contributed by atoms with Crippen LogP contribution in [0, 0.1) is 6.92 Å². The number of rotatable bonds is 3. The lowest BCUT2D eigenvalue weighted by atomic mass is 10.1. The maximum absolute atomic E-state index is 5.55. The molecule has 0 fully saturated rings. The van der Waals surface area contributed by atoms with Crippen LogP contribution in [0.3, 0.4) is 0 Å². The molecular formula is C19H18BrN3O. The van der Waals surface area contributed by atoms with Gasteiger partial charge in [-0.2, -0.15) is 5.10 Å². The molecule has 0 saturated carbocycles. The van der Waals surface area contributed by atoms with Crippen LogP contribution in [0.5, 0.6) is 5.75 Å². The van der Waals surface area contributed by atoms with Gasteiger partial charge in [0.05, 0.1) is 12.8 Å². The van der Waals surface area contributed by atoms with Gasteiger partial charge in [0, 0.05) is 22.1 Å². The fourth-order valence-electron chi connectivity index (χ4n) is 3.13. The Morgan fingerprint density at radius 1 is 1.17 bits per heavy atom. The lowest BCUT2D eigenvalue weighted by Crippen LogP contribution is -2.04. The molecule has 2 aromatic carbocycles. The third kappa shape index (κ3) is 2.49. The first-order valence-corrected chi connectivity index (χ1v) is 8.73. The van der Waals surface area contributed by atoms with Crippen LogP contribution in [-0.4, -0.2) is 23.4 Å². The molecule has 0 unspecified atom stereocenters. The van der Waals surface area contributed by atoms with Crippen LogP contribution in [0.4, 0.5) is 5.82 Å². The van der Waals surface area contributed by atoms with Crippen molar-refractivity contribution < 1.29 is 4.74 Å². The van der Waals surface area contributed by atoms with Gasteiger partial charge in [0.15, 0.2) is 0 Å². The van der Waals surface area contributed by atoms with E-state index < -0.39 is 0 Å². The molecule has 0 amide bonds. The Balaban J connectivity index is 1.91. The largest absolute Gasteiger partial charge is 0.496 e. The van der Waals surface area contributed by atoms with Crippen LogP contribution >= 0.6 is 15.9 Å². The van der Waals surface area contributed by atoms with E-state index in [9.17, 15) is 0 Å². The monoisotopic (exact) mass is 383 g/mol. The van der Waals surface area contributed by atoms with Crippen molar-refractivity contribution in [2.45, 2.75) is 13.3 Å². The number of halogens is 1. The summed E-state index contributed by atoms with van der Waals surface area (Å²) < 4.78 is 8.57. The van der Waals surface area contributed by atoms with Crippen LogP contribution in [0.2, 0.25) is 0 Å². The number of hydrogen-bond acceptors (Lipinski definition) is 3. The minimum absolute atomic E-state index is 0.835. The highest BCUT2D eigenvalue weighted by atomic mass is 79.9. The molecule has 1 aliphatic heterocycles. The molecule has 0 atom stereocenters. The molecule has 1 N–H and O–H groups in total. The SMILES string of the molecule is COc1ccc(Br)cc1-c1nn(-c2ccc(C)cc2)c2c1CCN2. The number of aromatic nitrogens is 2. The number of fused-ring (bicyclic) bond motifs is 1. The Hall–Kier alpha value is -2.27. The summed E-state index contributed by atoms with van der Waals surface area (Å²) in [6, 6.07) is 14.4. The number of ether oxygens (including phenoxy) is 1. The number of hydrogen-bond donors (Lipinski definition) is 1. The second-order valence-electron chi connectivity index (χ2n) is 5.94. The number of aryl methyl sites for hydroxylation is 1. The minimum atomic E-state index is 0.835.